The Kier molecular flexibility index (Phi) is 7.57. The highest BCUT2D eigenvalue weighted by Gasteiger charge is 2.23. The number of allylic oxidation sites excluding steroid dienone is 1. The number of hydrogen-bond donors (Lipinski definition) is 0. The molecule has 1 aliphatic rings. The minimum atomic E-state index is -1.06. The van der Waals surface area contributed by atoms with E-state index in [1.807, 2.05) is 6.08 Å². The number of hydrogen-bond acceptors (Lipinski definition) is 2. The maximum atomic E-state index is 6.24. The molecule has 110 valence electrons. The Hall–Kier alpha value is 0.607. The molecule has 0 saturated carbocycles. The molecule has 0 fully saturated rings. The molecule has 2 unspecified atom stereocenters. The number of rotatable bonds is 8. The van der Waals surface area contributed by atoms with Gasteiger partial charge in [0.25, 0.3) is 0 Å². The van der Waals surface area contributed by atoms with Crippen molar-refractivity contribution >= 4 is 48.0 Å². The minimum Gasteiger partial charge on any atom is -0.366 e. The fourth-order valence-corrected chi connectivity index (χ4v) is 7.39. The molecule has 0 aromatic heterocycles. The monoisotopic (exact) mass is 413 g/mol. The van der Waals surface area contributed by atoms with Crippen molar-refractivity contribution in [3.63, 3.8) is 0 Å². The van der Waals surface area contributed by atoms with Gasteiger partial charge in [-0.15, -0.1) is 0 Å². The van der Waals surface area contributed by atoms with Crippen LogP contribution in [0.4, 0.5) is 0 Å². The van der Waals surface area contributed by atoms with E-state index in [1.165, 1.54) is 18.9 Å². The van der Waals surface area contributed by atoms with Gasteiger partial charge >= 0.3 is 0 Å². The van der Waals surface area contributed by atoms with Crippen molar-refractivity contribution in [2.75, 3.05) is 6.61 Å². The molecule has 0 spiro atoms. The quantitative estimate of drug-likeness (QED) is 0.303. The fraction of sp³-hybridized carbons (Fsp3) is 0.786. The van der Waals surface area contributed by atoms with Crippen molar-refractivity contribution in [2.45, 2.75) is 62.0 Å². The van der Waals surface area contributed by atoms with Crippen molar-refractivity contribution in [3.05, 3.63) is 11.1 Å². The van der Waals surface area contributed by atoms with Crippen molar-refractivity contribution in [1.82, 2.24) is 0 Å². The standard InChI is InChI=1S/C14H25ClINOSi/c1-5-6-7-11-8-12(15)13(17-11)9-18-14(16)10-19(2,3)4/h8,13-14H,5-7,9-10H2,1-4H3. The Bertz CT molecular complexity index is 352. The van der Waals surface area contributed by atoms with Crippen molar-refractivity contribution in [2.24, 2.45) is 4.99 Å². The summed E-state index contributed by atoms with van der Waals surface area (Å²) in [7, 11) is -1.06. The summed E-state index contributed by atoms with van der Waals surface area (Å²) in [6.45, 7) is 9.91. The Morgan fingerprint density at radius 2 is 2.16 bits per heavy atom. The van der Waals surface area contributed by atoms with Crippen LogP contribution in [0.2, 0.25) is 25.7 Å². The van der Waals surface area contributed by atoms with Gasteiger partial charge in [0.05, 0.1) is 6.61 Å². The summed E-state index contributed by atoms with van der Waals surface area (Å²) < 4.78 is 6.20. The molecule has 1 aliphatic heterocycles. The molecule has 0 bridgehead atoms. The molecule has 5 heteroatoms. The van der Waals surface area contributed by atoms with Gasteiger partial charge in [0.15, 0.2) is 0 Å². The van der Waals surface area contributed by atoms with Crippen LogP contribution in [-0.2, 0) is 4.74 Å². The van der Waals surface area contributed by atoms with Crippen LogP contribution in [0.1, 0.15) is 26.2 Å². The highest BCUT2D eigenvalue weighted by Crippen LogP contribution is 2.24. The molecule has 2 nitrogen and oxygen atoms in total. The highest BCUT2D eigenvalue weighted by atomic mass is 127. The first-order valence-electron chi connectivity index (χ1n) is 7.01. The molecule has 0 aliphatic carbocycles. The number of halogens is 2. The number of nitrogens with zero attached hydrogens (tertiary/aromatic N) is 1. The van der Waals surface area contributed by atoms with Crippen molar-refractivity contribution < 1.29 is 4.74 Å². The lowest BCUT2D eigenvalue weighted by Gasteiger charge is -2.21. The fourth-order valence-electron chi connectivity index (χ4n) is 1.90. The normalized spacial score (nSPS) is 21.3. The molecule has 1 rings (SSSR count). The summed E-state index contributed by atoms with van der Waals surface area (Å²) in [6, 6.07) is 1.21. The minimum absolute atomic E-state index is 0.0347. The number of ether oxygens (including phenoxy) is 1. The van der Waals surface area contributed by atoms with Gasteiger partial charge in [-0.05, 0) is 25.0 Å². The predicted octanol–water partition coefficient (Wildman–Crippen LogP) is 5.24. The Balaban J connectivity index is 2.38. The number of alkyl halides is 1. The maximum Gasteiger partial charge on any atom is 0.109 e. The van der Waals surface area contributed by atoms with E-state index in [-0.39, 0.29) is 10.2 Å². The molecule has 0 N–H and O–H groups in total. The Morgan fingerprint density at radius 1 is 1.47 bits per heavy atom. The van der Waals surface area contributed by atoms with Crippen LogP contribution < -0.4 is 0 Å². The zero-order valence-corrected chi connectivity index (χ0v) is 16.3. The van der Waals surface area contributed by atoms with E-state index in [0.717, 1.165) is 17.2 Å². The molecule has 19 heavy (non-hydrogen) atoms. The third-order valence-electron chi connectivity index (χ3n) is 2.94. The van der Waals surface area contributed by atoms with Crippen molar-refractivity contribution in [1.29, 1.82) is 0 Å². The average Bonchev–Trinajstić information content (AvgIpc) is 2.62. The van der Waals surface area contributed by atoms with E-state index in [2.05, 4.69) is 54.1 Å². The smallest absolute Gasteiger partial charge is 0.109 e. The van der Waals surface area contributed by atoms with Gasteiger partial charge in [-0.3, -0.25) is 4.99 Å². The van der Waals surface area contributed by atoms with Gasteiger partial charge in [0, 0.05) is 18.8 Å². The number of aliphatic imine (C=N–C) groups is 1. The van der Waals surface area contributed by atoms with Crippen LogP contribution in [0.5, 0.6) is 0 Å². The van der Waals surface area contributed by atoms with E-state index in [0.29, 0.717) is 6.61 Å². The molecular formula is C14H25ClINOSi. The van der Waals surface area contributed by atoms with Gasteiger partial charge in [-0.2, -0.15) is 0 Å². The summed E-state index contributed by atoms with van der Waals surface area (Å²) in [5.41, 5.74) is 1.13. The van der Waals surface area contributed by atoms with Crippen LogP contribution in [0.25, 0.3) is 0 Å². The van der Waals surface area contributed by atoms with Gasteiger partial charge < -0.3 is 4.74 Å². The van der Waals surface area contributed by atoms with Crippen LogP contribution in [-0.4, -0.2) is 30.5 Å². The molecule has 0 aromatic carbocycles. The van der Waals surface area contributed by atoms with E-state index < -0.39 is 8.07 Å². The first-order valence-corrected chi connectivity index (χ1v) is 12.3. The van der Waals surface area contributed by atoms with Crippen LogP contribution in [0.15, 0.2) is 16.1 Å². The van der Waals surface area contributed by atoms with E-state index in [9.17, 15) is 0 Å². The predicted molar refractivity (Wildman–Crippen MR) is 96.6 cm³/mol. The van der Waals surface area contributed by atoms with E-state index in [1.54, 1.807) is 0 Å². The SMILES string of the molecule is CCCCC1=NC(COC(I)C[Si](C)(C)C)C(Cl)=C1. The summed E-state index contributed by atoms with van der Waals surface area (Å²) >= 11 is 8.63. The highest BCUT2D eigenvalue weighted by molar-refractivity contribution is 14.1. The zero-order valence-electron chi connectivity index (χ0n) is 12.4. The van der Waals surface area contributed by atoms with Gasteiger partial charge in [-0.25, -0.2) is 0 Å². The van der Waals surface area contributed by atoms with Crippen LogP contribution in [0.3, 0.4) is 0 Å². The maximum absolute atomic E-state index is 6.24. The first kappa shape index (κ1) is 17.7. The second kappa shape index (κ2) is 8.15. The topological polar surface area (TPSA) is 21.6 Å². The van der Waals surface area contributed by atoms with Gasteiger partial charge in [0.2, 0.25) is 0 Å². The summed E-state index contributed by atoms with van der Waals surface area (Å²) in [5.74, 6) is 0. The molecule has 0 radical (unpaired) electrons. The van der Waals surface area contributed by atoms with Crippen LogP contribution in [0, 0.1) is 0 Å². The van der Waals surface area contributed by atoms with Gasteiger partial charge in [-0.1, -0.05) is 67.2 Å². The second-order valence-corrected chi connectivity index (χ2v) is 13.6. The average molecular weight is 414 g/mol. The van der Waals surface area contributed by atoms with E-state index in [4.69, 9.17) is 16.3 Å². The third-order valence-corrected chi connectivity index (χ3v) is 6.53. The van der Waals surface area contributed by atoms with Gasteiger partial charge in [0.1, 0.15) is 10.2 Å². The van der Waals surface area contributed by atoms with Crippen LogP contribution >= 0.6 is 34.2 Å². The molecule has 2 atom stereocenters. The van der Waals surface area contributed by atoms with E-state index >= 15 is 0 Å². The van der Waals surface area contributed by atoms with Crippen molar-refractivity contribution in [3.8, 4) is 0 Å². The molecule has 0 aromatic rings. The second-order valence-electron chi connectivity index (χ2n) is 6.28. The molecule has 0 saturated heterocycles. The molecule has 0 amide bonds. The first-order chi connectivity index (χ1) is 8.81. The third kappa shape index (κ3) is 7.25. The lowest BCUT2D eigenvalue weighted by atomic mass is 10.2. The lowest BCUT2D eigenvalue weighted by molar-refractivity contribution is 0.129. The summed E-state index contributed by atoms with van der Waals surface area (Å²) in [4.78, 5) is 4.65. The Morgan fingerprint density at radius 3 is 2.74 bits per heavy atom. The number of unbranched alkanes of at least 4 members (excludes halogenated alkanes) is 1. The Labute approximate surface area is 137 Å². The largest absolute Gasteiger partial charge is 0.366 e. The molecular weight excluding hydrogens is 389 g/mol. The summed E-state index contributed by atoms with van der Waals surface area (Å²) in [6.07, 6.45) is 5.42. The lowest BCUT2D eigenvalue weighted by Crippen LogP contribution is -2.27. The molecule has 1 heterocycles. The zero-order chi connectivity index (χ0) is 14.5. The summed E-state index contributed by atoms with van der Waals surface area (Å²) in [5, 5.41) is 0.836.